The van der Waals surface area contributed by atoms with Gasteiger partial charge in [0, 0.05) is 39.5 Å². The van der Waals surface area contributed by atoms with Crippen LogP contribution in [-0.4, -0.2) is 15.9 Å². The van der Waals surface area contributed by atoms with Gasteiger partial charge in [-0.25, -0.2) is 4.98 Å². The van der Waals surface area contributed by atoms with Crippen LogP contribution in [0.15, 0.2) is 42.7 Å². The summed E-state index contributed by atoms with van der Waals surface area (Å²) in [6.45, 7) is 1.95. The second kappa shape index (κ2) is 7.17. The first-order chi connectivity index (χ1) is 12.6. The topological polar surface area (TPSA) is 54.9 Å². The van der Waals surface area contributed by atoms with E-state index in [1.54, 1.807) is 29.8 Å². The molecule has 0 fully saturated rings. The van der Waals surface area contributed by atoms with Crippen LogP contribution in [0, 0.1) is 12.8 Å². The number of hydrogen-bond acceptors (Lipinski definition) is 4. The molecule has 1 aromatic carbocycles. The number of pyridine rings is 1. The number of hydrogen-bond donors (Lipinski definition) is 1. The highest BCUT2D eigenvalue weighted by atomic mass is 35.5. The number of aromatic nitrogens is 2. The van der Waals surface area contributed by atoms with Gasteiger partial charge in [0.2, 0.25) is 5.91 Å². The second-order valence-electron chi connectivity index (χ2n) is 6.52. The molecule has 2 aromatic heterocycles. The zero-order chi connectivity index (χ0) is 18.1. The summed E-state index contributed by atoms with van der Waals surface area (Å²) in [7, 11) is 0. The fourth-order valence-corrected chi connectivity index (χ4v) is 4.51. The molecule has 0 bridgehead atoms. The zero-order valence-corrected chi connectivity index (χ0v) is 15.9. The average Bonchev–Trinajstić information content (AvgIpc) is 3.09. The smallest absolute Gasteiger partial charge is 0.227 e. The molecule has 26 heavy (non-hydrogen) atoms. The van der Waals surface area contributed by atoms with Crippen molar-refractivity contribution in [3.63, 3.8) is 0 Å². The van der Waals surface area contributed by atoms with Crippen LogP contribution in [0.3, 0.4) is 0 Å². The van der Waals surface area contributed by atoms with Gasteiger partial charge < -0.3 is 5.32 Å². The minimum absolute atomic E-state index is 0.0340. The van der Waals surface area contributed by atoms with Gasteiger partial charge in [-0.05, 0) is 56.0 Å². The Morgan fingerprint density at radius 3 is 2.85 bits per heavy atom. The molecule has 0 aliphatic heterocycles. The number of benzene rings is 1. The van der Waals surface area contributed by atoms with Crippen molar-refractivity contribution in [2.24, 2.45) is 5.92 Å². The lowest BCUT2D eigenvalue weighted by molar-refractivity contribution is -0.120. The Labute approximate surface area is 161 Å². The van der Waals surface area contributed by atoms with E-state index in [-0.39, 0.29) is 11.8 Å². The number of nitrogens with one attached hydrogen (secondary N) is 1. The predicted molar refractivity (Wildman–Crippen MR) is 106 cm³/mol. The molecule has 1 N–H and O–H groups in total. The van der Waals surface area contributed by atoms with Gasteiger partial charge in [0.1, 0.15) is 5.01 Å². The first-order valence-corrected chi connectivity index (χ1v) is 9.75. The van der Waals surface area contributed by atoms with Crippen molar-refractivity contribution in [3.05, 3.63) is 63.9 Å². The van der Waals surface area contributed by atoms with Crippen LogP contribution in [0.2, 0.25) is 5.02 Å². The standard InChI is InChI=1S/C20H18ClN3OS/c1-12-2-4-15(11-16(12)21)23-19(25)14-3-5-17-18(10-14)26-20(24-17)13-6-8-22-9-7-13/h2,4,6-9,11,14H,3,5,10H2,1H3,(H,23,25). The van der Waals surface area contributed by atoms with E-state index in [9.17, 15) is 4.79 Å². The van der Waals surface area contributed by atoms with Crippen LogP contribution < -0.4 is 5.32 Å². The summed E-state index contributed by atoms with van der Waals surface area (Å²) in [5, 5.41) is 4.67. The van der Waals surface area contributed by atoms with Crippen molar-refractivity contribution in [2.45, 2.75) is 26.2 Å². The molecule has 3 aromatic rings. The number of carbonyl (C=O) groups is 1. The molecule has 1 atom stereocenters. The molecule has 1 unspecified atom stereocenters. The molecule has 0 spiro atoms. The van der Waals surface area contributed by atoms with Gasteiger partial charge in [0.05, 0.1) is 5.69 Å². The van der Waals surface area contributed by atoms with E-state index in [2.05, 4.69) is 10.3 Å². The number of carbonyl (C=O) groups excluding carboxylic acids is 1. The highest BCUT2D eigenvalue weighted by molar-refractivity contribution is 7.15. The third-order valence-corrected chi connectivity index (χ3v) is 6.25. The van der Waals surface area contributed by atoms with Crippen LogP contribution in [0.4, 0.5) is 5.69 Å². The summed E-state index contributed by atoms with van der Waals surface area (Å²) in [6, 6.07) is 9.55. The minimum Gasteiger partial charge on any atom is -0.326 e. The van der Waals surface area contributed by atoms with E-state index < -0.39 is 0 Å². The van der Waals surface area contributed by atoms with Gasteiger partial charge in [0.25, 0.3) is 0 Å². The number of aryl methyl sites for hydroxylation is 2. The first kappa shape index (κ1) is 17.2. The van der Waals surface area contributed by atoms with Gasteiger partial charge in [-0.15, -0.1) is 11.3 Å². The van der Waals surface area contributed by atoms with Crippen LogP contribution >= 0.6 is 22.9 Å². The van der Waals surface area contributed by atoms with Crippen molar-refractivity contribution in [1.29, 1.82) is 0 Å². The number of halogens is 1. The number of nitrogens with zero attached hydrogens (tertiary/aromatic N) is 2. The van der Waals surface area contributed by atoms with Gasteiger partial charge >= 0.3 is 0 Å². The molecule has 1 aliphatic carbocycles. The van der Waals surface area contributed by atoms with Crippen LogP contribution in [0.5, 0.6) is 0 Å². The number of rotatable bonds is 3. The molecular formula is C20H18ClN3OS. The Kier molecular flexibility index (Phi) is 4.74. The van der Waals surface area contributed by atoms with E-state index in [4.69, 9.17) is 16.6 Å². The number of anilines is 1. The fraction of sp³-hybridized carbons (Fsp3) is 0.250. The lowest BCUT2D eigenvalue weighted by Crippen LogP contribution is -2.27. The molecule has 0 saturated heterocycles. The summed E-state index contributed by atoms with van der Waals surface area (Å²) in [5.74, 6) is 0.0164. The van der Waals surface area contributed by atoms with Crippen LogP contribution in [0.25, 0.3) is 10.6 Å². The normalized spacial score (nSPS) is 16.2. The second-order valence-corrected chi connectivity index (χ2v) is 8.01. The number of thiazole rings is 1. The van der Waals surface area contributed by atoms with Crippen LogP contribution in [-0.2, 0) is 17.6 Å². The first-order valence-electron chi connectivity index (χ1n) is 8.56. The van der Waals surface area contributed by atoms with Gasteiger partial charge in [-0.3, -0.25) is 9.78 Å². The summed E-state index contributed by atoms with van der Waals surface area (Å²) < 4.78 is 0. The quantitative estimate of drug-likeness (QED) is 0.699. The van der Waals surface area contributed by atoms with Crippen LogP contribution in [0.1, 0.15) is 22.6 Å². The maximum atomic E-state index is 12.7. The maximum absolute atomic E-state index is 12.7. The van der Waals surface area contributed by atoms with Crippen molar-refractivity contribution in [3.8, 4) is 10.6 Å². The zero-order valence-electron chi connectivity index (χ0n) is 14.3. The Bertz CT molecular complexity index is 955. The van der Waals surface area contributed by atoms with Gasteiger partial charge in [0.15, 0.2) is 0 Å². The molecular weight excluding hydrogens is 366 g/mol. The molecule has 1 aliphatic rings. The van der Waals surface area contributed by atoms with Gasteiger partial charge in [-0.2, -0.15) is 0 Å². The Balaban J connectivity index is 1.48. The Hall–Kier alpha value is -2.24. The summed E-state index contributed by atoms with van der Waals surface area (Å²) in [4.78, 5) is 22.7. The van der Waals surface area contributed by atoms with Gasteiger partial charge in [-0.1, -0.05) is 17.7 Å². The highest BCUT2D eigenvalue weighted by Crippen LogP contribution is 2.35. The average molecular weight is 384 g/mol. The molecule has 2 heterocycles. The van der Waals surface area contributed by atoms with Crippen molar-refractivity contribution >= 4 is 34.5 Å². The molecule has 4 nitrogen and oxygen atoms in total. The summed E-state index contributed by atoms with van der Waals surface area (Å²) in [5.41, 5.74) is 3.96. The van der Waals surface area contributed by atoms with Crippen molar-refractivity contribution in [2.75, 3.05) is 5.32 Å². The molecule has 0 saturated carbocycles. The molecule has 6 heteroatoms. The Morgan fingerprint density at radius 1 is 1.27 bits per heavy atom. The number of fused-ring (bicyclic) bond motifs is 1. The van der Waals surface area contributed by atoms with E-state index in [0.29, 0.717) is 5.02 Å². The Morgan fingerprint density at radius 2 is 2.08 bits per heavy atom. The van der Waals surface area contributed by atoms with Crippen molar-refractivity contribution < 1.29 is 4.79 Å². The van der Waals surface area contributed by atoms with E-state index in [1.165, 1.54) is 4.88 Å². The summed E-state index contributed by atoms with van der Waals surface area (Å²) in [6.07, 6.45) is 5.95. The third-order valence-electron chi connectivity index (χ3n) is 4.68. The van der Waals surface area contributed by atoms with Crippen molar-refractivity contribution in [1.82, 2.24) is 9.97 Å². The molecule has 132 valence electrons. The lowest BCUT2D eigenvalue weighted by atomic mass is 9.90. The summed E-state index contributed by atoms with van der Waals surface area (Å²) >= 11 is 7.83. The van der Waals surface area contributed by atoms with E-state index in [1.807, 2.05) is 31.2 Å². The monoisotopic (exact) mass is 383 g/mol. The fourth-order valence-electron chi connectivity index (χ4n) is 3.13. The SMILES string of the molecule is Cc1ccc(NC(=O)C2CCc3nc(-c4ccncc4)sc3C2)cc1Cl. The molecule has 1 amide bonds. The third kappa shape index (κ3) is 3.50. The maximum Gasteiger partial charge on any atom is 0.227 e. The number of amides is 1. The van der Waals surface area contributed by atoms with E-state index in [0.717, 1.165) is 46.8 Å². The molecule has 4 rings (SSSR count). The minimum atomic E-state index is -0.0340. The largest absolute Gasteiger partial charge is 0.326 e. The highest BCUT2D eigenvalue weighted by Gasteiger charge is 2.27. The molecule has 0 radical (unpaired) electrons. The predicted octanol–water partition coefficient (Wildman–Crippen LogP) is 4.91. The lowest BCUT2D eigenvalue weighted by Gasteiger charge is -2.20. The van der Waals surface area contributed by atoms with E-state index >= 15 is 0 Å².